The molecule has 2 heteroatoms. The fraction of sp³-hybridized carbons (Fsp3) is 0.625. The number of nitrogens with one attached hydrogen (secondary N) is 1. The molecule has 100 valence electrons. The maximum absolute atomic E-state index is 3.68. The molecule has 0 atom stereocenters. The molecule has 1 nitrogen and oxygen atoms in total. The summed E-state index contributed by atoms with van der Waals surface area (Å²) in [5.41, 5.74) is 1.75. The van der Waals surface area contributed by atoms with Crippen molar-refractivity contribution in [3.63, 3.8) is 0 Å². The molecule has 1 aliphatic rings. The molecule has 1 saturated carbocycles. The van der Waals surface area contributed by atoms with Gasteiger partial charge in [0.15, 0.2) is 0 Å². The van der Waals surface area contributed by atoms with E-state index in [0.717, 1.165) is 5.92 Å². The third-order valence-electron chi connectivity index (χ3n) is 4.17. The summed E-state index contributed by atoms with van der Waals surface area (Å²) < 4.78 is 1.30. The zero-order valence-corrected chi connectivity index (χ0v) is 13.8. The topological polar surface area (TPSA) is 12.0 Å². The summed E-state index contributed by atoms with van der Waals surface area (Å²) in [5, 5.41) is 3.68. The quantitative estimate of drug-likeness (QED) is 0.708. The predicted molar refractivity (Wildman–Crippen MR) is 88.0 cm³/mol. The highest BCUT2D eigenvalue weighted by Gasteiger charge is 2.29. The molecule has 0 heterocycles. The molecule has 0 spiro atoms. The maximum atomic E-state index is 3.68. The number of benzene rings is 1. The third-order valence-corrected chi connectivity index (χ3v) is 4.89. The molecule has 0 aliphatic heterocycles. The lowest BCUT2D eigenvalue weighted by molar-refractivity contribution is 0.173. The van der Waals surface area contributed by atoms with E-state index < -0.39 is 0 Å². The van der Waals surface area contributed by atoms with E-state index in [1.807, 2.05) is 0 Å². The van der Waals surface area contributed by atoms with Gasteiger partial charge in [0.2, 0.25) is 0 Å². The Hall–Kier alpha value is -0.250. The van der Waals surface area contributed by atoms with Crippen molar-refractivity contribution < 1.29 is 0 Å². The van der Waals surface area contributed by atoms with Crippen LogP contribution in [0.3, 0.4) is 0 Å². The van der Waals surface area contributed by atoms with E-state index in [0.29, 0.717) is 11.5 Å². The van der Waals surface area contributed by atoms with E-state index in [9.17, 15) is 0 Å². The molecule has 1 aromatic rings. The minimum absolute atomic E-state index is 0.480. The van der Waals surface area contributed by atoms with E-state index in [4.69, 9.17) is 0 Å². The number of hydrogen-bond acceptors (Lipinski definition) is 1. The number of hydrogen-bond donors (Lipinski definition) is 1. The Bertz CT molecular complexity index is 369. The molecule has 1 N–H and O–H groups in total. The van der Waals surface area contributed by atoms with Gasteiger partial charge in [0.1, 0.15) is 0 Å². The molecular formula is C16H24IN. The molecular weight excluding hydrogens is 333 g/mol. The zero-order valence-electron chi connectivity index (χ0n) is 11.7. The Labute approximate surface area is 125 Å². The highest BCUT2D eigenvalue weighted by atomic mass is 127. The first kappa shape index (κ1) is 14.2. The van der Waals surface area contributed by atoms with Crippen molar-refractivity contribution in [2.75, 3.05) is 5.32 Å². The van der Waals surface area contributed by atoms with Gasteiger partial charge >= 0.3 is 0 Å². The average molecular weight is 357 g/mol. The van der Waals surface area contributed by atoms with E-state index >= 15 is 0 Å². The van der Waals surface area contributed by atoms with Crippen LogP contribution in [0.4, 0.5) is 5.69 Å². The van der Waals surface area contributed by atoms with Crippen molar-refractivity contribution in [3.8, 4) is 0 Å². The molecule has 2 rings (SSSR count). The molecule has 1 aliphatic carbocycles. The first-order valence-electron chi connectivity index (χ1n) is 6.97. The smallest absolute Gasteiger partial charge is 0.0343 e. The molecule has 0 saturated heterocycles. The second kappa shape index (κ2) is 5.81. The highest BCUT2D eigenvalue weighted by Crippen LogP contribution is 2.38. The van der Waals surface area contributed by atoms with E-state index in [1.165, 1.54) is 34.9 Å². The van der Waals surface area contributed by atoms with Gasteiger partial charge < -0.3 is 5.32 Å². The fourth-order valence-corrected chi connectivity index (χ4v) is 3.25. The number of rotatable bonds is 2. The third kappa shape index (κ3) is 3.87. The summed E-state index contributed by atoms with van der Waals surface area (Å²) in [6.07, 6.45) is 5.36. The van der Waals surface area contributed by atoms with Gasteiger partial charge in [-0.05, 0) is 83.9 Å². The van der Waals surface area contributed by atoms with Gasteiger partial charge in [0.05, 0.1) is 0 Å². The van der Waals surface area contributed by atoms with Crippen LogP contribution in [-0.4, -0.2) is 6.04 Å². The molecule has 0 amide bonds. The van der Waals surface area contributed by atoms with Crippen LogP contribution in [0.5, 0.6) is 0 Å². The second-order valence-corrected chi connectivity index (χ2v) is 7.81. The summed E-state index contributed by atoms with van der Waals surface area (Å²) in [7, 11) is 0. The fourth-order valence-electron chi connectivity index (χ4n) is 2.89. The Morgan fingerprint density at radius 2 is 1.56 bits per heavy atom. The van der Waals surface area contributed by atoms with Crippen LogP contribution >= 0.6 is 22.6 Å². The lowest BCUT2D eigenvalue weighted by Crippen LogP contribution is -2.31. The molecule has 18 heavy (non-hydrogen) atoms. The summed E-state index contributed by atoms with van der Waals surface area (Å²) in [6.45, 7) is 7.14. The highest BCUT2D eigenvalue weighted by molar-refractivity contribution is 14.1. The monoisotopic (exact) mass is 357 g/mol. The van der Waals surface area contributed by atoms with Crippen LogP contribution in [0, 0.1) is 14.9 Å². The Morgan fingerprint density at radius 1 is 1.00 bits per heavy atom. The summed E-state index contributed by atoms with van der Waals surface area (Å²) in [5.74, 6) is 0.896. The Morgan fingerprint density at radius 3 is 2.06 bits per heavy atom. The van der Waals surface area contributed by atoms with E-state index in [2.05, 4.69) is 72.9 Å². The zero-order chi connectivity index (χ0) is 13.2. The van der Waals surface area contributed by atoms with Crippen LogP contribution in [0.15, 0.2) is 24.3 Å². The predicted octanol–water partition coefficient (Wildman–Crippen LogP) is 5.31. The van der Waals surface area contributed by atoms with Gasteiger partial charge in [-0.3, -0.25) is 0 Å². The molecule has 0 aromatic heterocycles. The largest absolute Gasteiger partial charge is 0.382 e. The van der Waals surface area contributed by atoms with Gasteiger partial charge in [0, 0.05) is 15.3 Å². The standard InChI is InChI=1S/C16H24IN/c1-16(2,3)12-4-8-14(9-5-12)18-15-10-6-13(17)7-11-15/h6-7,10-12,14,18H,4-5,8-9H2,1-3H3. The summed E-state index contributed by atoms with van der Waals surface area (Å²) in [6, 6.07) is 9.39. The number of anilines is 1. The van der Waals surface area contributed by atoms with E-state index in [-0.39, 0.29) is 0 Å². The van der Waals surface area contributed by atoms with Crippen molar-refractivity contribution in [2.24, 2.45) is 11.3 Å². The SMILES string of the molecule is CC(C)(C)C1CCC(Nc2ccc(I)cc2)CC1. The summed E-state index contributed by atoms with van der Waals surface area (Å²) >= 11 is 2.35. The maximum Gasteiger partial charge on any atom is 0.0343 e. The molecule has 0 unspecified atom stereocenters. The van der Waals surface area contributed by atoms with Crippen LogP contribution < -0.4 is 5.32 Å². The van der Waals surface area contributed by atoms with Gasteiger partial charge in [-0.1, -0.05) is 20.8 Å². The molecule has 0 radical (unpaired) electrons. The minimum Gasteiger partial charge on any atom is -0.382 e. The van der Waals surface area contributed by atoms with E-state index in [1.54, 1.807) is 0 Å². The lowest BCUT2D eigenvalue weighted by Gasteiger charge is -2.37. The lowest BCUT2D eigenvalue weighted by atomic mass is 9.71. The Kier molecular flexibility index (Phi) is 4.57. The molecule has 1 aromatic carbocycles. The van der Waals surface area contributed by atoms with Crippen molar-refractivity contribution in [2.45, 2.75) is 52.5 Å². The van der Waals surface area contributed by atoms with Gasteiger partial charge in [-0.2, -0.15) is 0 Å². The van der Waals surface area contributed by atoms with Crippen molar-refractivity contribution in [1.29, 1.82) is 0 Å². The Balaban J connectivity index is 1.85. The van der Waals surface area contributed by atoms with Gasteiger partial charge in [0.25, 0.3) is 0 Å². The first-order chi connectivity index (χ1) is 8.45. The number of halogens is 1. The second-order valence-electron chi connectivity index (χ2n) is 6.57. The van der Waals surface area contributed by atoms with Crippen LogP contribution in [-0.2, 0) is 0 Å². The van der Waals surface area contributed by atoms with Gasteiger partial charge in [-0.15, -0.1) is 0 Å². The van der Waals surface area contributed by atoms with Crippen LogP contribution in [0.2, 0.25) is 0 Å². The first-order valence-corrected chi connectivity index (χ1v) is 8.05. The normalized spacial score (nSPS) is 24.9. The molecule has 0 bridgehead atoms. The average Bonchev–Trinajstić information content (AvgIpc) is 2.32. The van der Waals surface area contributed by atoms with Crippen molar-refractivity contribution in [3.05, 3.63) is 27.8 Å². The molecule has 1 fully saturated rings. The summed E-state index contributed by atoms with van der Waals surface area (Å²) in [4.78, 5) is 0. The van der Waals surface area contributed by atoms with Gasteiger partial charge in [-0.25, -0.2) is 0 Å². The van der Waals surface area contributed by atoms with Crippen molar-refractivity contribution >= 4 is 28.3 Å². The van der Waals surface area contributed by atoms with Crippen molar-refractivity contribution in [1.82, 2.24) is 0 Å². The minimum atomic E-state index is 0.480. The van der Waals surface area contributed by atoms with Crippen LogP contribution in [0.25, 0.3) is 0 Å². The van der Waals surface area contributed by atoms with Crippen LogP contribution in [0.1, 0.15) is 46.5 Å².